The number of carbonyl (C=O) groups is 2. The molecular weight excluding hydrogens is 270 g/mol. The number of rotatable bonds is 6. The van der Waals surface area contributed by atoms with Crippen molar-refractivity contribution >= 4 is 23.2 Å². The molecule has 1 aromatic rings. The molecule has 1 aromatic carbocycles. The number of methoxy groups -OCH3 is 1. The fourth-order valence-electron chi connectivity index (χ4n) is 1.55. The predicted octanol–water partition coefficient (Wildman–Crippen LogP) is 1.60. The van der Waals surface area contributed by atoms with Crippen LogP contribution in [0.1, 0.15) is 20.8 Å². The molecule has 0 unspecified atom stereocenters. The van der Waals surface area contributed by atoms with Crippen molar-refractivity contribution in [1.29, 1.82) is 0 Å². The van der Waals surface area contributed by atoms with Crippen LogP contribution in [-0.4, -0.2) is 37.6 Å². The van der Waals surface area contributed by atoms with Gasteiger partial charge in [-0.2, -0.15) is 0 Å². The van der Waals surface area contributed by atoms with Crippen molar-refractivity contribution in [3.63, 3.8) is 0 Å². The van der Waals surface area contributed by atoms with Gasteiger partial charge < -0.3 is 20.7 Å². The second-order valence-electron chi connectivity index (χ2n) is 5.71. The SMILES string of the molecule is COCC(=O)Nc1cccc(NC(=O)CNC(C)(C)C)c1. The van der Waals surface area contributed by atoms with E-state index in [1.807, 2.05) is 20.8 Å². The lowest BCUT2D eigenvalue weighted by Gasteiger charge is -2.20. The molecule has 0 aliphatic rings. The highest BCUT2D eigenvalue weighted by Crippen LogP contribution is 2.15. The molecule has 0 saturated carbocycles. The van der Waals surface area contributed by atoms with Gasteiger partial charge in [-0.15, -0.1) is 0 Å². The molecule has 6 heteroatoms. The average Bonchev–Trinajstić information content (AvgIpc) is 2.36. The van der Waals surface area contributed by atoms with Crippen LogP contribution in [0.15, 0.2) is 24.3 Å². The number of nitrogens with one attached hydrogen (secondary N) is 3. The van der Waals surface area contributed by atoms with Crippen LogP contribution < -0.4 is 16.0 Å². The summed E-state index contributed by atoms with van der Waals surface area (Å²) in [6.07, 6.45) is 0. The van der Waals surface area contributed by atoms with E-state index < -0.39 is 0 Å². The summed E-state index contributed by atoms with van der Waals surface area (Å²) in [5, 5.41) is 8.57. The maximum Gasteiger partial charge on any atom is 0.250 e. The smallest absolute Gasteiger partial charge is 0.250 e. The Bertz CT molecular complexity index is 495. The maximum atomic E-state index is 11.8. The third-order valence-corrected chi connectivity index (χ3v) is 2.48. The molecular formula is C15H23N3O3. The Balaban J connectivity index is 2.56. The zero-order valence-corrected chi connectivity index (χ0v) is 12.9. The third kappa shape index (κ3) is 7.43. The summed E-state index contributed by atoms with van der Waals surface area (Å²) >= 11 is 0. The van der Waals surface area contributed by atoms with Gasteiger partial charge in [-0.3, -0.25) is 9.59 Å². The van der Waals surface area contributed by atoms with E-state index in [9.17, 15) is 9.59 Å². The van der Waals surface area contributed by atoms with Crippen molar-refractivity contribution in [2.24, 2.45) is 0 Å². The molecule has 21 heavy (non-hydrogen) atoms. The fourth-order valence-corrected chi connectivity index (χ4v) is 1.55. The number of carbonyl (C=O) groups excluding carboxylic acids is 2. The summed E-state index contributed by atoms with van der Waals surface area (Å²) in [7, 11) is 1.46. The minimum atomic E-state index is -0.240. The Hall–Kier alpha value is -1.92. The first-order valence-electron chi connectivity index (χ1n) is 6.74. The molecule has 0 aliphatic heterocycles. The van der Waals surface area contributed by atoms with Gasteiger partial charge in [-0.1, -0.05) is 6.07 Å². The summed E-state index contributed by atoms with van der Waals surface area (Å²) in [6.45, 7) is 6.19. The van der Waals surface area contributed by atoms with E-state index in [1.54, 1.807) is 24.3 Å². The number of anilines is 2. The van der Waals surface area contributed by atoms with Crippen LogP contribution in [0.5, 0.6) is 0 Å². The van der Waals surface area contributed by atoms with Crippen molar-refractivity contribution < 1.29 is 14.3 Å². The lowest BCUT2D eigenvalue weighted by molar-refractivity contribution is -0.119. The van der Waals surface area contributed by atoms with E-state index in [-0.39, 0.29) is 30.5 Å². The molecule has 0 fully saturated rings. The number of hydrogen-bond acceptors (Lipinski definition) is 4. The normalized spacial score (nSPS) is 11.0. The number of amides is 2. The molecule has 3 N–H and O–H groups in total. The maximum absolute atomic E-state index is 11.8. The van der Waals surface area contributed by atoms with E-state index in [1.165, 1.54) is 7.11 Å². The molecule has 0 spiro atoms. The molecule has 0 bridgehead atoms. The zero-order chi connectivity index (χ0) is 15.9. The fraction of sp³-hybridized carbons (Fsp3) is 0.467. The number of benzene rings is 1. The highest BCUT2D eigenvalue weighted by molar-refractivity contribution is 5.95. The molecule has 0 aromatic heterocycles. The standard InChI is InChI=1S/C15H23N3O3/c1-15(2,3)16-9-13(19)17-11-6-5-7-12(8-11)18-14(20)10-21-4/h5-8,16H,9-10H2,1-4H3,(H,17,19)(H,18,20). The monoisotopic (exact) mass is 293 g/mol. The lowest BCUT2D eigenvalue weighted by atomic mass is 10.1. The summed E-state index contributed by atoms with van der Waals surface area (Å²) < 4.78 is 4.74. The van der Waals surface area contributed by atoms with E-state index in [4.69, 9.17) is 4.74 Å². The molecule has 2 amide bonds. The first-order valence-corrected chi connectivity index (χ1v) is 6.74. The van der Waals surface area contributed by atoms with Gasteiger partial charge in [0.15, 0.2) is 0 Å². The highest BCUT2D eigenvalue weighted by atomic mass is 16.5. The van der Waals surface area contributed by atoms with Crippen LogP contribution in [0.2, 0.25) is 0 Å². The van der Waals surface area contributed by atoms with E-state index in [0.717, 1.165) is 0 Å². The first-order chi connectivity index (χ1) is 9.80. The zero-order valence-electron chi connectivity index (χ0n) is 12.9. The summed E-state index contributed by atoms with van der Waals surface area (Å²) in [4.78, 5) is 23.2. The Morgan fingerprint density at radius 1 is 1.10 bits per heavy atom. The van der Waals surface area contributed by atoms with Crippen molar-refractivity contribution in [2.45, 2.75) is 26.3 Å². The Morgan fingerprint density at radius 3 is 2.19 bits per heavy atom. The molecule has 116 valence electrons. The van der Waals surface area contributed by atoms with E-state index in [2.05, 4.69) is 16.0 Å². The molecule has 0 radical (unpaired) electrons. The second-order valence-corrected chi connectivity index (χ2v) is 5.71. The van der Waals surface area contributed by atoms with Gasteiger partial charge in [0.2, 0.25) is 11.8 Å². The van der Waals surface area contributed by atoms with Crippen LogP contribution in [0.4, 0.5) is 11.4 Å². The molecule has 0 heterocycles. The summed E-state index contributed by atoms with van der Waals surface area (Å²) in [5.41, 5.74) is 1.12. The minimum absolute atomic E-state index is 0.00785. The van der Waals surface area contributed by atoms with Crippen molar-refractivity contribution in [3.8, 4) is 0 Å². The molecule has 0 atom stereocenters. The van der Waals surface area contributed by atoms with Crippen LogP contribution in [-0.2, 0) is 14.3 Å². The topological polar surface area (TPSA) is 79.5 Å². The number of hydrogen-bond donors (Lipinski definition) is 3. The van der Waals surface area contributed by atoms with Crippen molar-refractivity contribution in [3.05, 3.63) is 24.3 Å². The highest BCUT2D eigenvalue weighted by Gasteiger charge is 2.11. The van der Waals surface area contributed by atoms with Crippen LogP contribution in [0.3, 0.4) is 0 Å². The van der Waals surface area contributed by atoms with Gasteiger partial charge >= 0.3 is 0 Å². The predicted molar refractivity (Wildman–Crippen MR) is 83.3 cm³/mol. The Labute approximate surface area is 125 Å². The quantitative estimate of drug-likeness (QED) is 0.744. The van der Waals surface area contributed by atoms with Crippen molar-refractivity contribution in [2.75, 3.05) is 30.9 Å². The van der Waals surface area contributed by atoms with Crippen LogP contribution in [0.25, 0.3) is 0 Å². The largest absolute Gasteiger partial charge is 0.375 e. The summed E-state index contributed by atoms with van der Waals surface area (Å²) in [6, 6.07) is 6.97. The molecule has 1 rings (SSSR count). The van der Waals surface area contributed by atoms with Gasteiger partial charge in [-0.25, -0.2) is 0 Å². The van der Waals surface area contributed by atoms with Gasteiger partial charge in [0.1, 0.15) is 6.61 Å². The van der Waals surface area contributed by atoms with Crippen molar-refractivity contribution in [1.82, 2.24) is 5.32 Å². The first kappa shape index (κ1) is 17.1. The minimum Gasteiger partial charge on any atom is -0.375 e. The van der Waals surface area contributed by atoms with Gasteiger partial charge in [0, 0.05) is 24.0 Å². The molecule has 6 nitrogen and oxygen atoms in total. The van der Waals surface area contributed by atoms with Crippen LogP contribution >= 0.6 is 0 Å². The van der Waals surface area contributed by atoms with E-state index >= 15 is 0 Å². The van der Waals surface area contributed by atoms with Crippen LogP contribution in [0, 0.1) is 0 Å². The Kier molecular flexibility index (Phi) is 6.33. The van der Waals surface area contributed by atoms with Gasteiger partial charge in [0.25, 0.3) is 0 Å². The molecule has 0 saturated heterocycles. The number of ether oxygens (including phenoxy) is 1. The summed E-state index contributed by atoms with van der Waals surface area (Å²) in [5.74, 6) is -0.374. The Morgan fingerprint density at radius 2 is 1.67 bits per heavy atom. The third-order valence-electron chi connectivity index (χ3n) is 2.48. The second kappa shape index (κ2) is 7.75. The lowest BCUT2D eigenvalue weighted by Crippen LogP contribution is -2.41. The average molecular weight is 293 g/mol. The van der Waals surface area contributed by atoms with E-state index in [0.29, 0.717) is 11.4 Å². The van der Waals surface area contributed by atoms with Gasteiger partial charge in [0.05, 0.1) is 6.54 Å². The molecule has 0 aliphatic carbocycles. The van der Waals surface area contributed by atoms with Gasteiger partial charge in [-0.05, 0) is 39.0 Å².